The van der Waals surface area contributed by atoms with E-state index in [0.29, 0.717) is 29.4 Å². The number of carbonyl (C=O) groups excluding carboxylic acids is 1. The minimum atomic E-state index is -0.359. The fourth-order valence-corrected chi connectivity index (χ4v) is 5.26. The SMILES string of the molecule is CCc1nn(-c2ccccc2)c2nc(-c3ccccc3)nc(SC(CC)C(=O)Nc3ccc(Cl)cc3)c12. The predicted octanol–water partition coefficient (Wildman–Crippen LogP) is 7.21. The molecule has 0 saturated heterocycles. The molecule has 1 amide bonds. The van der Waals surface area contributed by atoms with Crippen molar-refractivity contribution in [3.63, 3.8) is 0 Å². The van der Waals surface area contributed by atoms with E-state index in [1.807, 2.05) is 72.3 Å². The minimum Gasteiger partial charge on any atom is -0.325 e. The van der Waals surface area contributed by atoms with E-state index in [2.05, 4.69) is 12.2 Å². The summed E-state index contributed by atoms with van der Waals surface area (Å²) in [6, 6.07) is 27.0. The molecule has 0 bridgehead atoms. The van der Waals surface area contributed by atoms with Gasteiger partial charge in [-0.1, -0.05) is 85.7 Å². The second kappa shape index (κ2) is 11.2. The van der Waals surface area contributed by atoms with Crippen LogP contribution in [0.15, 0.2) is 90.0 Å². The number of rotatable bonds is 8. The molecule has 5 rings (SSSR count). The number of halogens is 1. The van der Waals surface area contributed by atoms with Gasteiger partial charge in [0.2, 0.25) is 5.91 Å². The highest BCUT2D eigenvalue weighted by Crippen LogP contribution is 2.35. The van der Waals surface area contributed by atoms with Crippen molar-refractivity contribution in [1.29, 1.82) is 0 Å². The highest BCUT2D eigenvalue weighted by molar-refractivity contribution is 8.00. The van der Waals surface area contributed by atoms with E-state index in [0.717, 1.165) is 33.0 Å². The number of thioether (sulfide) groups is 1. The molecule has 6 nitrogen and oxygen atoms in total. The Bertz CT molecular complexity index is 1520. The van der Waals surface area contributed by atoms with Crippen molar-refractivity contribution in [2.24, 2.45) is 0 Å². The number of nitrogens with one attached hydrogen (secondary N) is 1. The van der Waals surface area contributed by atoms with Gasteiger partial charge in [-0.05, 0) is 49.2 Å². The van der Waals surface area contributed by atoms with E-state index >= 15 is 0 Å². The van der Waals surface area contributed by atoms with Crippen molar-refractivity contribution in [2.75, 3.05) is 5.32 Å². The van der Waals surface area contributed by atoms with Crippen molar-refractivity contribution in [2.45, 2.75) is 37.0 Å². The molecule has 1 unspecified atom stereocenters. The smallest absolute Gasteiger partial charge is 0.237 e. The number of nitrogens with zero attached hydrogens (tertiary/aromatic N) is 4. The second-order valence-electron chi connectivity index (χ2n) is 8.48. The third-order valence-corrected chi connectivity index (χ3v) is 7.57. The van der Waals surface area contributed by atoms with Gasteiger partial charge in [0.1, 0.15) is 5.03 Å². The maximum absolute atomic E-state index is 13.3. The third-order valence-electron chi connectivity index (χ3n) is 5.96. The van der Waals surface area contributed by atoms with E-state index in [9.17, 15) is 4.79 Å². The molecule has 37 heavy (non-hydrogen) atoms. The molecule has 3 aromatic carbocycles. The van der Waals surface area contributed by atoms with Gasteiger partial charge >= 0.3 is 0 Å². The molecule has 5 aromatic rings. The van der Waals surface area contributed by atoms with Crippen LogP contribution >= 0.6 is 23.4 Å². The molecule has 0 aliphatic rings. The van der Waals surface area contributed by atoms with Crippen molar-refractivity contribution < 1.29 is 4.79 Å². The average Bonchev–Trinajstić information content (AvgIpc) is 3.33. The molecule has 0 radical (unpaired) electrons. The molecular formula is C29H26ClN5OS. The zero-order valence-corrected chi connectivity index (χ0v) is 22.1. The number of hydrogen-bond acceptors (Lipinski definition) is 5. The van der Waals surface area contributed by atoms with E-state index in [-0.39, 0.29) is 11.2 Å². The van der Waals surface area contributed by atoms with Crippen LogP contribution in [0, 0.1) is 0 Å². The summed E-state index contributed by atoms with van der Waals surface area (Å²) in [6.07, 6.45) is 1.34. The summed E-state index contributed by atoms with van der Waals surface area (Å²) in [4.78, 5) is 23.2. The molecule has 0 aliphatic heterocycles. The number of aryl methyl sites for hydroxylation is 1. The summed E-state index contributed by atoms with van der Waals surface area (Å²) in [5.74, 6) is 0.514. The van der Waals surface area contributed by atoms with Gasteiger partial charge in [0.05, 0.1) is 22.0 Å². The molecule has 0 spiro atoms. The lowest BCUT2D eigenvalue weighted by Gasteiger charge is -2.16. The summed E-state index contributed by atoms with van der Waals surface area (Å²) in [5.41, 5.74) is 4.16. The standard InChI is InChI=1S/C29H26ClN5OS/c1-3-23-25-27(35(34-23)22-13-9-6-10-14-22)32-26(19-11-7-5-8-12-19)33-29(25)37-24(4-2)28(36)31-21-17-15-20(30)16-18-21/h5-18,24H,3-4H2,1-2H3,(H,31,36). The summed E-state index contributed by atoms with van der Waals surface area (Å²) < 4.78 is 1.88. The Hall–Kier alpha value is -3.68. The number of fused-ring (bicyclic) bond motifs is 1. The number of carbonyl (C=O) groups is 1. The normalized spacial score (nSPS) is 12.0. The molecular weight excluding hydrogens is 502 g/mol. The summed E-state index contributed by atoms with van der Waals surface area (Å²) >= 11 is 7.46. The monoisotopic (exact) mass is 527 g/mol. The van der Waals surface area contributed by atoms with Gasteiger partial charge in [0.15, 0.2) is 11.5 Å². The van der Waals surface area contributed by atoms with Crippen LogP contribution in [0.25, 0.3) is 28.1 Å². The fraction of sp³-hybridized carbons (Fsp3) is 0.172. The van der Waals surface area contributed by atoms with Crippen molar-refractivity contribution in [3.05, 3.63) is 95.6 Å². The Kier molecular flexibility index (Phi) is 7.53. The van der Waals surface area contributed by atoms with E-state index < -0.39 is 0 Å². The maximum Gasteiger partial charge on any atom is 0.237 e. The van der Waals surface area contributed by atoms with Crippen LogP contribution in [-0.2, 0) is 11.2 Å². The van der Waals surface area contributed by atoms with Crippen molar-refractivity contribution in [1.82, 2.24) is 19.7 Å². The topological polar surface area (TPSA) is 72.7 Å². The molecule has 2 heterocycles. The van der Waals surface area contributed by atoms with Crippen LogP contribution in [0.5, 0.6) is 0 Å². The first-order valence-corrected chi connectivity index (χ1v) is 13.5. The number of para-hydroxylation sites is 1. The van der Waals surface area contributed by atoms with Gasteiger partial charge in [0, 0.05) is 16.3 Å². The quantitative estimate of drug-likeness (QED) is 0.170. The highest BCUT2D eigenvalue weighted by Gasteiger charge is 2.25. The van der Waals surface area contributed by atoms with Crippen LogP contribution < -0.4 is 5.32 Å². The molecule has 1 atom stereocenters. The molecule has 2 aromatic heterocycles. The number of anilines is 1. The lowest BCUT2D eigenvalue weighted by Crippen LogP contribution is -2.24. The van der Waals surface area contributed by atoms with Gasteiger partial charge in [0.25, 0.3) is 0 Å². The van der Waals surface area contributed by atoms with Gasteiger partial charge in [-0.15, -0.1) is 0 Å². The fourth-order valence-electron chi connectivity index (χ4n) is 4.06. The summed E-state index contributed by atoms with van der Waals surface area (Å²) in [6.45, 7) is 4.07. The molecule has 8 heteroatoms. The average molecular weight is 528 g/mol. The van der Waals surface area contributed by atoms with Gasteiger partial charge in [-0.25, -0.2) is 14.6 Å². The van der Waals surface area contributed by atoms with Gasteiger partial charge in [-0.3, -0.25) is 4.79 Å². The number of benzene rings is 3. The van der Waals surface area contributed by atoms with Crippen LogP contribution in [0.1, 0.15) is 26.0 Å². The van der Waals surface area contributed by atoms with Gasteiger partial charge in [-0.2, -0.15) is 5.10 Å². The van der Waals surface area contributed by atoms with Crippen LogP contribution in [0.2, 0.25) is 5.02 Å². The second-order valence-corrected chi connectivity index (χ2v) is 10.1. The van der Waals surface area contributed by atoms with Crippen molar-refractivity contribution in [3.8, 4) is 17.1 Å². The number of aromatic nitrogens is 4. The maximum atomic E-state index is 13.3. The molecule has 0 aliphatic carbocycles. The Morgan fingerprint density at radius 3 is 2.27 bits per heavy atom. The summed E-state index contributed by atoms with van der Waals surface area (Å²) in [5, 5.41) is 9.83. The third kappa shape index (κ3) is 5.38. The first kappa shape index (κ1) is 25.0. The van der Waals surface area contributed by atoms with E-state index in [4.69, 9.17) is 26.7 Å². The lowest BCUT2D eigenvalue weighted by atomic mass is 10.2. The highest BCUT2D eigenvalue weighted by atomic mass is 35.5. The van der Waals surface area contributed by atoms with Crippen molar-refractivity contribution >= 4 is 46.0 Å². The van der Waals surface area contributed by atoms with E-state index in [1.54, 1.807) is 24.3 Å². The number of hydrogen-bond donors (Lipinski definition) is 1. The predicted molar refractivity (Wildman–Crippen MR) is 151 cm³/mol. The zero-order chi connectivity index (χ0) is 25.8. The number of amides is 1. The Morgan fingerprint density at radius 2 is 1.62 bits per heavy atom. The van der Waals surface area contributed by atoms with E-state index in [1.165, 1.54) is 11.8 Å². The molecule has 0 saturated carbocycles. The minimum absolute atomic E-state index is 0.0867. The Morgan fingerprint density at radius 1 is 0.946 bits per heavy atom. The molecule has 186 valence electrons. The van der Waals surface area contributed by atoms with Crippen LogP contribution in [0.3, 0.4) is 0 Å². The van der Waals surface area contributed by atoms with Crippen LogP contribution in [0.4, 0.5) is 5.69 Å². The van der Waals surface area contributed by atoms with Gasteiger partial charge < -0.3 is 5.32 Å². The Balaban J connectivity index is 1.61. The zero-order valence-electron chi connectivity index (χ0n) is 20.6. The Labute approximate surface area is 225 Å². The first-order chi connectivity index (χ1) is 18.1. The lowest BCUT2D eigenvalue weighted by molar-refractivity contribution is -0.115. The first-order valence-electron chi connectivity index (χ1n) is 12.2. The largest absolute Gasteiger partial charge is 0.325 e. The molecule has 1 N–H and O–H groups in total. The molecule has 0 fully saturated rings. The summed E-state index contributed by atoms with van der Waals surface area (Å²) in [7, 11) is 0. The van der Waals surface area contributed by atoms with Crippen LogP contribution in [-0.4, -0.2) is 30.9 Å².